The number of amides is 1. The molecule has 0 radical (unpaired) electrons. The molecule has 0 spiro atoms. The van der Waals surface area contributed by atoms with Gasteiger partial charge in [-0.1, -0.05) is 43.2 Å². The van der Waals surface area contributed by atoms with Crippen LogP contribution < -0.4 is 10.9 Å². The third-order valence-corrected chi connectivity index (χ3v) is 5.56. The van der Waals surface area contributed by atoms with E-state index in [1.54, 1.807) is 4.57 Å². The van der Waals surface area contributed by atoms with Gasteiger partial charge >= 0.3 is 0 Å². The summed E-state index contributed by atoms with van der Waals surface area (Å²) in [4.78, 5) is 29.7. The molecule has 0 unspecified atom stereocenters. The van der Waals surface area contributed by atoms with Crippen molar-refractivity contribution >= 4 is 28.6 Å². The van der Waals surface area contributed by atoms with Crippen LogP contribution in [0.25, 0.3) is 10.9 Å². The van der Waals surface area contributed by atoms with Crippen molar-refractivity contribution < 1.29 is 4.79 Å². The molecule has 1 saturated carbocycles. The van der Waals surface area contributed by atoms with E-state index in [1.807, 2.05) is 30.3 Å². The molecule has 0 bridgehead atoms. The maximum atomic E-state index is 13.1. The van der Waals surface area contributed by atoms with Crippen molar-refractivity contribution in [2.75, 3.05) is 12.3 Å². The standard InChI is InChI=1S/C19H22N4O2S/c20-11-6-12-21-17(24)13-26-19-22-16-10-5-4-9-15(16)18(25)23(19)14-7-2-1-3-8-14/h4-5,9-10,14H,1-3,6-8,12-13H2,(H,21,24). The van der Waals surface area contributed by atoms with Gasteiger partial charge in [-0.2, -0.15) is 5.26 Å². The minimum Gasteiger partial charge on any atom is -0.354 e. The lowest BCUT2D eigenvalue weighted by Crippen LogP contribution is -2.30. The van der Waals surface area contributed by atoms with Crippen LogP contribution in [-0.2, 0) is 4.79 Å². The number of thioether (sulfide) groups is 1. The number of carbonyl (C=O) groups is 1. The van der Waals surface area contributed by atoms with Crippen molar-refractivity contribution in [1.29, 1.82) is 5.26 Å². The second kappa shape index (κ2) is 8.86. The van der Waals surface area contributed by atoms with E-state index in [1.165, 1.54) is 18.2 Å². The lowest BCUT2D eigenvalue weighted by molar-refractivity contribution is -0.118. The molecule has 1 fully saturated rings. The molecule has 1 aromatic carbocycles. The number of rotatable bonds is 6. The number of hydrogen-bond acceptors (Lipinski definition) is 5. The van der Waals surface area contributed by atoms with Gasteiger partial charge in [0.05, 0.1) is 29.1 Å². The van der Waals surface area contributed by atoms with Gasteiger partial charge in [0.2, 0.25) is 5.91 Å². The van der Waals surface area contributed by atoms with Gasteiger partial charge in [0.15, 0.2) is 5.16 Å². The molecule has 0 aliphatic heterocycles. The first-order valence-corrected chi connectivity index (χ1v) is 9.97. The summed E-state index contributed by atoms with van der Waals surface area (Å²) >= 11 is 1.29. The second-order valence-electron chi connectivity index (χ2n) is 6.43. The highest BCUT2D eigenvalue weighted by molar-refractivity contribution is 7.99. The fourth-order valence-corrected chi connectivity index (χ4v) is 4.22. The SMILES string of the molecule is N#CCCNC(=O)CSc1nc2ccccc2c(=O)n1C1CCCCC1. The first-order chi connectivity index (χ1) is 12.7. The Morgan fingerprint density at radius 1 is 1.31 bits per heavy atom. The van der Waals surface area contributed by atoms with E-state index >= 15 is 0 Å². The van der Waals surface area contributed by atoms with Crippen molar-refractivity contribution in [3.8, 4) is 6.07 Å². The highest BCUT2D eigenvalue weighted by Crippen LogP contribution is 2.30. The maximum absolute atomic E-state index is 13.1. The molecule has 1 heterocycles. The van der Waals surface area contributed by atoms with Gasteiger partial charge in [-0.25, -0.2) is 4.98 Å². The number of carbonyl (C=O) groups excluding carboxylic acids is 1. The van der Waals surface area contributed by atoms with Crippen molar-refractivity contribution in [1.82, 2.24) is 14.9 Å². The van der Waals surface area contributed by atoms with Crippen LogP contribution in [0.2, 0.25) is 0 Å². The fraction of sp³-hybridized carbons (Fsp3) is 0.474. The van der Waals surface area contributed by atoms with Crippen LogP contribution in [0.5, 0.6) is 0 Å². The largest absolute Gasteiger partial charge is 0.354 e. The summed E-state index contributed by atoms with van der Waals surface area (Å²) in [5.41, 5.74) is 0.645. The minimum atomic E-state index is -0.150. The molecule has 1 aliphatic carbocycles. The van der Waals surface area contributed by atoms with Crippen LogP contribution in [0.1, 0.15) is 44.6 Å². The summed E-state index contributed by atoms with van der Waals surface area (Å²) < 4.78 is 1.80. The van der Waals surface area contributed by atoms with Gasteiger partial charge in [0.1, 0.15) is 0 Å². The lowest BCUT2D eigenvalue weighted by atomic mass is 9.95. The van der Waals surface area contributed by atoms with Crippen LogP contribution in [0.15, 0.2) is 34.2 Å². The first-order valence-electron chi connectivity index (χ1n) is 8.98. The fourth-order valence-electron chi connectivity index (χ4n) is 3.33. The number of benzene rings is 1. The normalized spacial score (nSPS) is 14.9. The molecule has 1 aliphatic rings. The van der Waals surface area contributed by atoms with Gasteiger partial charge in [-0.15, -0.1) is 0 Å². The van der Waals surface area contributed by atoms with Gasteiger partial charge in [0.25, 0.3) is 5.56 Å². The zero-order valence-electron chi connectivity index (χ0n) is 14.6. The number of para-hydroxylation sites is 1. The number of hydrogen-bond donors (Lipinski definition) is 1. The van der Waals surface area contributed by atoms with Gasteiger partial charge in [-0.05, 0) is 25.0 Å². The molecular formula is C19H22N4O2S. The van der Waals surface area contributed by atoms with E-state index in [4.69, 9.17) is 5.26 Å². The maximum Gasteiger partial charge on any atom is 0.262 e. The van der Waals surface area contributed by atoms with Crippen molar-refractivity contribution in [2.45, 2.75) is 49.7 Å². The zero-order chi connectivity index (χ0) is 18.4. The molecular weight excluding hydrogens is 348 g/mol. The summed E-state index contributed by atoms with van der Waals surface area (Å²) in [6, 6.07) is 9.51. The topological polar surface area (TPSA) is 87.8 Å². The molecule has 26 heavy (non-hydrogen) atoms. The third kappa shape index (κ3) is 4.25. The Kier molecular flexibility index (Phi) is 6.29. The van der Waals surface area contributed by atoms with Crippen LogP contribution >= 0.6 is 11.8 Å². The minimum absolute atomic E-state index is 0.0186. The Morgan fingerprint density at radius 2 is 2.08 bits per heavy atom. The van der Waals surface area contributed by atoms with Crippen LogP contribution in [0.4, 0.5) is 0 Å². The Morgan fingerprint density at radius 3 is 2.85 bits per heavy atom. The number of nitrogens with one attached hydrogen (secondary N) is 1. The van der Waals surface area contributed by atoms with Crippen molar-refractivity contribution in [3.05, 3.63) is 34.6 Å². The van der Waals surface area contributed by atoms with E-state index in [0.29, 0.717) is 22.6 Å². The van der Waals surface area contributed by atoms with Gasteiger partial charge in [-0.3, -0.25) is 14.2 Å². The molecule has 0 atom stereocenters. The highest BCUT2D eigenvalue weighted by Gasteiger charge is 2.22. The van der Waals surface area contributed by atoms with Crippen molar-refractivity contribution in [2.24, 2.45) is 0 Å². The molecule has 7 heteroatoms. The number of aromatic nitrogens is 2. The van der Waals surface area contributed by atoms with E-state index in [0.717, 1.165) is 25.7 Å². The van der Waals surface area contributed by atoms with E-state index in [9.17, 15) is 9.59 Å². The predicted octanol–water partition coefficient (Wildman–Crippen LogP) is 3.02. The highest BCUT2D eigenvalue weighted by atomic mass is 32.2. The predicted molar refractivity (Wildman–Crippen MR) is 102 cm³/mol. The quantitative estimate of drug-likeness (QED) is 0.480. The molecule has 3 rings (SSSR count). The first kappa shape index (κ1) is 18.5. The van der Waals surface area contributed by atoms with Crippen molar-refractivity contribution in [3.63, 3.8) is 0 Å². The smallest absolute Gasteiger partial charge is 0.262 e. The number of nitrogens with zero attached hydrogens (tertiary/aromatic N) is 3. The average Bonchev–Trinajstić information content (AvgIpc) is 2.67. The molecule has 1 aromatic heterocycles. The zero-order valence-corrected chi connectivity index (χ0v) is 15.4. The van der Waals surface area contributed by atoms with E-state index in [-0.39, 0.29) is 29.7 Å². The summed E-state index contributed by atoms with van der Waals surface area (Å²) in [5.74, 6) is 0.0333. The molecule has 1 N–H and O–H groups in total. The summed E-state index contributed by atoms with van der Waals surface area (Å²) in [6.07, 6.45) is 5.67. The van der Waals surface area contributed by atoms with Gasteiger partial charge < -0.3 is 5.32 Å². The monoisotopic (exact) mass is 370 g/mol. The Labute approximate surface area is 156 Å². The Bertz CT molecular complexity index is 881. The van der Waals surface area contributed by atoms with E-state index in [2.05, 4.69) is 10.3 Å². The Hall–Kier alpha value is -2.33. The van der Waals surface area contributed by atoms with Crippen LogP contribution in [-0.4, -0.2) is 27.8 Å². The molecule has 1 amide bonds. The summed E-state index contributed by atoms with van der Waals surface area (Å²) in [5, 5.41) is 12.5. The molecule has 2 aromatic rings. The average molecular weight is 370 g/mol. The number of fused-ring (bicyclic) bond motifs is 1. The van der Waals surface area contributed by atoms with E-state index < -0.39 is 0 Å². The van der Waals surface area contributed by atoms with Gasteiger partial charge in [0, 0.05) is 12.6 Å². The number of nitriles is 1. The Balaban J connectivity index is 1.88. The summed E-state index contributed by atoms with van der Waals surface area (Å²) in [7, 11) is 0. The third-order valence-electron chi connectivity index (χ3n) is 4.61. The second-order valence-corrected chi connectivity index (χ2v) is 7.37. The summed E-state index contributed by atoms with van der Waals surface area (Å²) in [6.45, 7) is 0.344. The lowest BCUT2D eigenvalue weighted by Gasteiger charge is -2.26. The molecule has 6 nitrogen and oxygen atoms in total. The van der Waals surface area contributed by atoms with Crippen LogP contribution in [0, 0.1) is 11.3 Å². The van der Waals surface area contributed by atoms with Crippen LogP contribution in [0.3, 0.4) is 0 Å². The molecule has 136 valence electrons. The molecule has 0 saturated heterocycles.